The molecule has 0 amide bonds. The van der Waals surface area contributed by atoms with Gasteiger partial charge in [-0.1, -0.05) is 67.6 Å². The molecule has 0 aliphatic carbocycles. The normalized spacial score (nSPS) is 23.7. The molecule has 0 bridgehead atoms. The largest absolute Gasteiger partial charge is 0.492 e. The molecule has 4 aromatic rings. The van der Waals surface area contributed by atoms with Crippen molar-refractivity contribution in [1.82, 2.24) is 14.5 Å². The van der Waals surface area contributed by atoms with Gasteiger partial charge in [0.2, 0.25) is 0 Å². The van der Waals surface area contributed by atoms with E-state index in [0.717, 1.165) is 59.9 Å². The van der Waals surface area contributed by atoms with E-state index in [1.807, 2.05) is 47.0 Å². The lowest BCUT2D eigenvalue weighted by Gasteiger charge is -2.27. The first-order chi connectivity index (χ1) is 24.3. The molecule has 13 heteroatoms. The lowest BCUT2D eigenvalue weighted by Crippen LogP contribution is -2.38. The summed E-state index contributed by atoms with van der Waals surface area (Å²) in [6, 6.07) is 19.4. The molecule has 50 heavy (non-hydrogen) atoms. The second-order valence-corrected chi connectivity index (χ2v) is 20.3. The van der Waals surface area contributed by atoms with Gasteiger partial charge in [0, 0.05) is 33.4 Å². The summed E-state index contributed by atoms with van der Waals surface area (Å²) in [6.45, 7) is 10.4. The minimum Gasteiger partial charge on any atom is -0.492 e. The second kappa shape index (κ2) is 15.7. The van der Waals surface area contributed by atoms with Crippen LogP contribution in [0.25, 0.3) is 33.5 Å². The average Bonchev–Trinajstić information content (AvgIpc) is 3.80. The van der Waals surface area contributed by atoms with Crippen LogP contribution in [0.5, 0.6) is 11.8 Å². The number of fused-ring (bicyclic) bond motifs is 2. The van der Waals surface area contributed by atoms with Crippen molar-refractivity contribution in [1.29, 1.82) is 0 Å². The summed E-state index contributed by atoms with van der Waals surface area (Å²) in [5.41, 5.74) is 10.5. The predicted molar refractivity (Wildman–Crippen MR) is 194 cm³/mol. The average molecular weight is 723 g/mol. The first-order valence-corrected chi connectivity index (χ1v) is 21.7. The van der Waals surface area contributed by atoms with Gasteiger partial charge in [0.1, 0.15) is 37.4 Å². The quantitative estimate of drug-likeness (QED) is 0.114. The van der Waals surface area contributed by atoms with Gasteiger partial charge >= 0.3 is 6.01 Å². The van der Waals surface area contributed by atoms with Crippen LogP contribution < -0.4 is 15.2 Å². The summed E-state index contributed by atoms with van der Waals surface area (Å²) in [4.78, 5) is 9.81. The molecule has 0 spiro atoms. The number of nitrogens with two attached hydrogens (primary N) is 1. The highest BCUT2D eigenvalue weighted by molar-refractivity contribution is 6.76. The SMILES string of the molecule is C[Si](C)(C)CCOCn1c(O[C@@H]2CO[C@H]3[C@@H]2OC[C@H]3OC2CCCCO2)nc2nc(-c3ccc(-c4ccc(OCCN)cc4)cc3)c(Cl)cc21. The number of halogens is 1. The van der Waals surface area contributed by atoms with E-state index in [0.29, 0.717) is 55.3 Å². The van der Waals surface area contributed by atoms with E-state index in [-0.39, 0.29) is 37.4 Å². The van der Waals surface area contributed by atoms with Gasteiger partial charge in [-0.25, -0.2) is 4.98 Å². The molecular weight excluding hydrogens is 676 g/mol. The summed E-state index contributed by atoms with van der Waals surface area (Å²) < 4.78 is 44.7. The lowest BCUT2D eigenvalue weighted by atomic mass is 10.0. The Hall–Kier alpha value is -3.07. The summed E-state index contributed by atoms with van der Waals surface area (Å²) in [7, 11) is -1.28. The molecule has 3 aliphatic heterocycles. The van der Waals surface area contributed by atoms with Crippen molar-refractivity contribution in [2.24, 2.45) is 5.73 Å². The third-order valence-electron chi connectivity index (χ3n) is 9.29. The topological polar surface area (TPSA) is 121 Å². The van der Waals surface area contributed by atoms with Crippen LogP contribution in [0, 0.1) is 0 Å². The van der Waals surface area contributed by atoms with Crippen LogP contribution in [0.1, 0.15) is 19.3 Å². The zero-order valence-corrected chi connectivity index (χ0v) is 30.8. The second-order valence-electron chi connectivity index (χ2n) is 14.3. The number of hydrogen-bond donors (Lipinski definition) is 1. The van der Waals surface area contributed by atoms with Crippen molar-refractivity contribution < 1.29 is 33.2 Å². The summed E-state index contributed by atoms with van der Waals surface area (Å²) >= 11 is 6.93. The molecule has 0 saturated carbocycles. The zero-order valence-electron chi connectivity index (χ0n) is 29.0. The van der Waals surface area contributed by atoms with E-state index in [4.69, 9.17) is 60.5 Å². The predicted octanol–water partition coefficient (Wildman–Crippen LogP) is 6.53. The first kappa shape index (κ1) is 35.3. The number of nitrogens with zero attached hydrogens (tertiary/aromatic N) is 3. The van der Waals surface area contributed by atoms with Gasteiger partial charge in [0.15, 0.2) is 18.0 Å². The molecule has 11 nitrogen and oxygen atoms in total. The van der Waals surface area contributed by atoms with Gasteiger partial charge in [0.05, 0.1) is 29.4 Å². The van der Waals surface area contributed by atoms with E-state index < -0.39 is 8.07 Å². The minimum absolute atomic E-state index is 0.204. The molecule has 0 radical (unpaired) electrons. The first-order valence-electron chi connectivity index (χ1n) is 17.6. The Bertz CT molecular complexity index is 1730. The molecule has 3 aliphatic rings. The lowest BCUT2D eigenvalue weighted by molar-refractivity contribution is -0.202. The zero-order chi connectivity index (χ0) is 34.7. The molecule has 3 saturated heterocycles. The van der Waals surface area contributed by atoms with Crippen LogP contribution in [-0.2, 0) is 30.4 Å². The summed E-state index contributed by atoms with van der Waals surface area (Å²) in [5, 5.41) is 0.509. The van der Waals surface area contributed by atoms with Crippen molar-refractivity contribution in [3.63, 3.8) is 0 Å². The highest BCUT2D eigenvalue weighted by Crippen LogP contribution is 2.36. The van der Waals surface area contributed by atoms with Gasteiger partial charge in [-0.2, -0.15) is 4.98 Å². The Kier molecular flexibility index (Phi) is 11.1. The van der Waals surface area contributed by atoms with Crippen molar-refractivity contribution in [2.45, 2.75) is 82.4 Å². The molecule has 2 aromatic heterocycles. The highest BCUT2D eigenvalue weighted by atomic mass is 35.5. The van der Waals surface area contributed by atoms with Crippen molar-refractivity contribution in [3.8, 4) is 34.1 Å². The van der Waals surface area contributed by atoms with Crippen molar-refractivity contribution in [3.05, 3.63) is 59.6 Å². The Morgan fingerprint density at radius 2 is 1.58 bits per heavy atom. The van der Waals surface area contributed by atoms with Crippen LogP contribution >= 0.6 is 11.6 Å². The van der Waals surface area contributed by atoms with Gasteiger partial charge in [-0.05, 0) is 54.6 Å². The van der Waals surface area contributed by atoms with E-state index in [2.05, 4.69) is 31.8 Å². The molecular formula is C37H47ClN4O7Si. The standard InChI is InChI=1S/C37H47ClN4O7Si/c1-50(2,3)19-18-43-23-42-29-20-28(38)33(26-9-7-24(8-10-26)25-11-13-27(14-12-25)44-17-15-39)40-36(29)41-37(42)49-31-22-47-34-30(21-46-35(31)34)48-32-6-4-5-16-45-32/h7-14,20,30-32,34-35H,4-6,15-19,21-23,39H2,1-3H3/t30-,31-,32?,34-,35-/m1/s1. The molecule has 2 aromatic carbocycles. The molecule has 3 fully saturated rings. The molecule has 5 heterocycles. The van der Waals surface area contributed by atoms with E-state index in [1.165, 1.54) is 0 Å². The maximum atomic E-state index is 6.93. The molecule has 2 N–H and O–H groups in total. The van der Waals surface area contributed by atoms with Crippen LogP contribution in [0.15, 0.2) is 54.6 Å². The molecule has 5 atom stereocenters. The monoisotopic (exact) mass is 722 g/mol. The van der Waals surface area contributed by atoms with Gasteiger partial charge in [0.25, 0.3) is 0 Å². The molecule has 1 unspecified atom stereocenters. The summed E-state index contributed by atoms with van der Waals surface area (Å²) in [6.07, 6.45) is 1.74. The fourth-order valence-corrected chi connectivity index (χ4v) is 7.50. The maximum absolute atomic E-state index is 6.93. The van der Waals surface area contributed by atoms with Gasteiger partial charge in [-0.15, -0.1) is 0 Å². The number of benzene rings is 2. The van der Waals surface area contributed by atoms with Crippen LogP contribution in [0.4, 0.5) is 0 Å². The van der Waals surface area contributed by atoms with Crippen LogP contribution in [-0.4, -0.2) is 92.9 Å². The van der Waals surface area contributed by atoms with Crippen LogP contribution in [0.2, 0.25) is 30.7 Å². The fraction of sp³-hybridized carbons (Fsp3) is 0.514. The number of hydrogen-bond acceptors (Lipinski definition) is 10. The van der Waals surface area contributed by atoms with Crippen molar-refractivity contribution >= 4 is 30.8 Å². The van der Waals surface area contributed by atoms with E-state index in [1.54, 1.807) is 0 Å². The highest BCUT2D eigenvalue weighted by Gasteiger charge is 2.50. The fourth-order valence-electron chi connectivity index (χ4n) is 6.49. The number of imidazole rings is 1. The van der Waals surface area contributed by atoms with Gasteiger partial charge in [-0.3, -0.25) is 4.57 Å². The Labute approximate surface area is 299 Å². The Balaban J connectivity index is 1.11. The maximum Gasteiger partial charge on any atom is 0.301 e. The minimum atomic E-state index is -1.28. The van der Waals surface area contributed by atoms with E-state index >= 15 is 0 Å². The number of pyridine rings is 1. The number of ether oxygens (including phenoxy) is 7. The number of rotatable bonds is 14. The Morgan fingerprint density at radius 3 is 2.28 bits per heavy atom. The van der Waals surface area contributed by atoms with Crippen molar-refractivity contribution in [2.75, 3.05) is 39.6 Å². The Morgan fingerprint density at radius 1 is 0.880 bits per heavy atom. The van der Waals surface area contributed by atoms with Crippen LogP contribution in [0.3, 0.4) is 0 Å². The smallest absolute Gasteiger partial charge is 0.301 e. The third kappa shape index (κ3) is 8.18. The third-order valence-corrected chi connectivity index (χ3v) is 11.3. The molecule has 268 valence electrons. The van der Waals surface area contributed by atoms with Gasteiger partial charge < -0.3 is 38.9 Å². The number of aromatic nitrogens is 3. The molecule has 7 rings (SSSR count). The van der Waals surface area contributed by atoms with E-state index in [9.17, 15) is 0 Å². The summed E-state index contributed by atoms with van der Waals surface area (Å²) in [5.74, 6) is 0.795.